The standard InChI is InChI=1S/C22H24N6O4/c1-15(2)14-27-20(29)18(16-4-6-17(7-5-16)28(31)32)19(21(27)30)25-10-12-26(13-11-25)22-23-8-3-9-24-22/h3-9,15H,10-14H2,1-2H3. The fourth-order valence-corrected chi connectivity index (χ4v) is 3.98. The normalized spacial score (nSPS) is 17.0. The van der Waals surface area contributed by atoms with Crippen molar-refractivity contribution in [2.75, 3.05) is 37.6 Å². The van der Waals surface area contributed by atoms with Gasteiger partial charge >= 0.3 is 0 Å². The van der Waals surface area contributed by atoms with E-state index in [0.29, 0.717) is 55.5 Å². The van der Waals surface area contributed by atoms with Gasteiger partial charge in [-0.1, -0.05) is 13.8 Å². The highest BCUT2D eigenvalue weighted by Gasteiger charge is 2.42. The second kappa shape index (κ2) is 8.74. The van der Waals surface area contributed by atoms with Gasteiger partial charge in [0, 0.05) is 57.3 Å². The summed E-state index contributed by atoms with van der Waals surface area (Å²) in [7, 11) is 0. The summed E-state index contributed by atoms with van der Waals surface area (Å²) in [5, 5.41) is 11.0. The van der Waals surface area contributed by atoms with Crippen molar-refractivity contribution >= 4 is 29.0 Å². The molecule has 10 heteroatoms. The van der Waals surface area contributed by atoms with Crippen LogP contribution in [0.2, 0.25) is 0 Å². The Morgan fingerprint density at radius 1 is 0.969 bits per heavy atom. The van der Waals surface area contributed by atoms with Gasteiger partial charge in [0.1, 0.15) is 5.70 Å². The molecule has 0 unspecified atom stereocenters. The van der Waals surface area contributed by atoms with E-state index < -0.39 is 4.92 Å². The van der Waals surface area contributed by atoms with Crippen molar-refractivity contribution in [3.05, 3.63) is 64.1 Å². The molecule has 0 spiro atoms. The molecular formula is C22H24N6O4. The molecule has 2 aliphatic heterocycles. The zero-order chi connectivity index (χ0) is 22.8. The third-order valence-corrected chi connectivity index (χ3v) is 5.49. The number of nitro benzene ring substituents is 1. The average Bonchev–Trinajstić information content (AvgIpc) is 3.04. The van der Waals surface area contributed by atoms with E-state index in [0.717, 1.165) is 0 Å². The number of carbonyl (C=O) groups is 2. The summed E-state index contributed by atoms with van der Waals surface area (Å²) in [5.74, 6) is 0.0715. The van der Waals surface area contributed by atoms with Crippen LogP contribution < -0.4 is 4.90 Å². The Hall–Kier alpha value is -3.82. The molecule has 1 fully saturated rings. The van der Waals surface area contributed by atoms with E-state index in [1.54, 1.807) is 18.5 Å². The van der Waals surface area contributed by atoms with Gasteiger partial charge < -0.3 is 9.80 Å². The molecule has 0 bridgehead atoms. The minimum Gasteiger partial charge on any atom is -0.363 e. The second-order valence-electron chi connectivity index (χ2n) is 8.17. The number of amides is 2. The van der Waals surface area contributed by atoms with E-state index in [2.05, 4.69) is 9.97 Å². The fraction of sp³-hybridized carbons (Fsp3) is 0.364. The van der Waals surface area contributed by atoms with Crippen molar-refractivity contribution in [1.29, 1.82) is 0 Å². The van der Waals surface area contributed by atoms with Crippen LogP contribution in [0.4, 0.5) is 11.6 Å². The van der Waals surface area contributed by atoms with Gasteiger partial charge in [0.15, 0.2) is 0 Å². The second-order valence-corrected chi connectivity index (χ2v) is 8.17. The smallest absolute Gasteiger partial charge is 0.277 e. The SMILES string of the molecule is CC(C)CN1C(=O)C(c2ccc([N+](=O)[O-])cc2)=C(N2CCN(c3ncccn3)CC2)C1=O. The Labute approximate surface area is 185 Å². The third kappa shape index (κ3) is 4.03. The first-order valence-electron chi connectivity index (χ1n) is 10.5. The van der Waals surface area contributed by atoms with Crippen molar-refractivity contribution in [3.63, 3.8) is 0 Å². The van der Waals surface area contributed by atoms with Crippen LogP contribution in [0.25, 0.3) is 5.57 Å². The number of hydrogen-bond acceptors (Lipinski definition) is 8. The molecule has 4 rings (SSSR count). The Morgan fingerprint density at radius 2 is 1.56 bits per heavy atom. The maximum atomic E-state index is 13.3. The first kappa shape index (κ1) is 21.4. The van der Waals surface area contributed by atoms with Crippen molar-refractivity contribution in [1.82, 2.24) is 19.8 Å². The van der Waals surface area contributed by atoms with Crippen molar-refractivity contribution < 1.29 is 14.5 Å². The molecule has 10 nitrogen and oxygen atoms in total. The maximum absolute atomic E-state index is 13.3. The van der Waals surface area contributed by atoms with Crippen LogP contribution in [0.3, 0.4) is 0 Å². The van der Waals surface area contributed by atoms with Gasteiger partial charge in [-0.05, 0) is 29.7 Å². The third-order valence-electron chi connectivity index (χ3n) is 5.49. The number of imide groups is 1. The van der Waals surface area contributed by atoms with Crippen LogP contribution in [-0.2, 0) is 9.59 Å². The van der Waals surface area contributed by atoms with E-state index in [4.69, 9.17) is 0 Å². The lowest BCUT2D eigenvalue weighted by molar-refractivity contribution is -0.384. The maximum Gasteiger partial charge on any atom is 0.277 e. The summed E-state index contributed by atoms with van der Waals surface area (Å²) in [5.41, 5.74) is 1.10. The number of aromatic nitrogens is 2. The summed E-state index contributed by atoms with van der Waals surface area (Å²) >= 11 is 0. The molecule has 2 aliphatic rings. The number of hydrogen-bond donors (Lipinski definition) is 0. The Bertz CT molecular complexity index is 1060. The van der Waals surface area contributed by atoms with Crippen LogP contribution in [-0.4, -0.2) is 69.2 Å². The van der Waals surface area contributed by atoms with Crippen LogP contribution >= 0.6 is 0 Å². The van der Waals surface area contributed by atoms with Crippen molar-refractivity contribution in [2.24, 2.45) is 5.92 Å². The molecule has 0 saturated carbocycles. The number of non-ortho nitro benzene ring substituents is 1. The summed E-state index contributed by atoms with van der Waals surface area (Å²) in [6, 6.07) is 7.53. The van der Waals surface area contributed by atoms with Crippen LogP contribution in [0.15, 0.2) is 48.4 Å². The number of nitro groups is 1. The molecule has 3 heterocycles. The zero-order valence-electron chi connectivity index (χ0n) is 18.0. The summed E-state index contributed by atoms with van der Waals surface area (Å²) in [6.45, 7) is 6.47. The lowest BCUT2D eigenvalue weighted by Crippen LogP contribution is -2.48. The molecule has 0 atom stereocenters. The molecule has 1 aromatic carbocycles. The monoisotopic (exact) mass is 436 g/mol. The highest BCUT2D eigenvalue weighted by Crippen LogP contribution is 2.33. The molecular weight excluding hydrogens is 412 g/mol. The minimum atomic E-state index is -0.489. The molecule has 1 saturated heterocycles. The van der Waals surface area contributed by atoms with Crippen molar-refractivity contribution in [3.8, 4) is 0 Å². The van der Waals surface area contributed by atoms with Crippen LogP contribution in [0.5, 0.6) is 0 Å². The molecule has 1 aromatic heterocycles. The zero-order valence-corrected chi connectivity index (χ0v) is 18.0. The number of benzene rings is 1. The van der Waals surface area contributed by atoms with Crippen LogP contribution in [0, 0.1) is 16.0 Å². The van der Waals surface area contributed by atoms with Gasteiger partial charge in [0.05, 0.1) is 10.5 Å². The number of anilines is 1. The van der Waals surface area contributed by atoms with E-state index in [1.165, 1.54) is 29.2 Å². The molecule has 2 aromatic rings. The van der Waals surface area contributed by atoms with Gasteiger partial charge in [-0.15, -0.1) is 0 Å². The molecule has 32 heavy (non-hydrogen) atoms. The van der Waals surface area contributed by atoms with Gasteiger partial charge in [-0.25, -0.2) is 9.97 Å². The van der Waals surface area contributed by atoms with E-state index in [9.17, 15) is 19.7 Å². The molecule has 2 amide bonds. The lowest BCUT2D eigenvalue weighted by Gasteiger charge is -2.36. The number of rotatable bonds is 6. The number of piperazine rings is 1. The van der Waals surface area contributed by atoms with Gasteiger partial charge in [-0.3, -0.25) is 24.6 Å². The van der Waals surface area contributed by atoms with Crippen LogP contribution in [0.1, 0.15) is 19.4 Å². The molecule has 0 N–H and O–H groups in total. The van der Waals surface area contributed by atoms with E-state index in [1.807, 2.05) is 23.6 Å². The minimum absolute atomic E-state index is 0.0665. The van der Waals surface area contributed by atoms with E-state index in [-0.39, 0.29) is 23.4 Å². The largest absolute Gasteiger partial charge is 0.363 e. The van der Waals surface area contributed by atoms with Gasteiger partial charge in [0.2, 0.25) is 5.95 Å². The highest BCUT2D eigenvalue weighted by atomic mass is 16.6. The number of nitrogens with zero attached hydrogens (tertiary/aromatic N) is 6. The first-order valence-corrected chi connectivity index (χ1v) is 10.5. The molecule has 0 aliphatic carbocycles. The summed E-state index contributed by atoms with van der Waals surface area (Å²) in [6.07, 6.45) is 3.37. The predicted octanol–water partition coefficient (Wildman–Crippen LogP) is 1.94. The summed E-state index contributed by atoms with van der Waals surface area (Å²) in [4.78, 5) is 50.9. The highest BCUT2D eigenvalue weighted by molar-refractivity contribution is 6.35. The van der Waals surface area contributed by atoms with Gasteiger partial charge in [-0.2, -0.15) is 0 Å². The fourth-order valence-electron chi connectivity index (χ4n) is 3.98. The predicted molar refractivity (Wildman–Crippen MR) is 117 cm³/mol. The Kier molecular flexibility index (Phi) is 5.85. The van der Waals surface area contributed by atoms with Crippen molar-refractivity contribution in [2.45, 2.75) is 13.8 Å². The summed E-state index contributed by atoms with van der Waals surface area (Å²) < 4.78 is 0. The van der Waals surface area contributed by atoms with E-state index >= 15 is 0 Å². The molecule has 166 valence electrons. The number of carbonyl (C=O) groups excluding carboxylic acids is 2. The Morgan fingerprint density at radius 3 is 2.12 bits per heavy atom. The first-order chi connectivity index (χ1) is 15.4. The quantitative estimate of drug-likeness (QED) is 0.384. The van der Waals surface area contributed by atoms with Gasteiger partial charge in [0.25, 0.3) is 17.5 Å². The topological polar surface area (TPSA) is 113 Å². The Balaban J connectivity index is 1.65. The molecule has 0 radical (unpaired) electrons. The lowest BCUT2D eigenvalue weighted by atomic mass is 10.0. The average molecular weight is 436 g/mol.